The summed E-state index contributed by atoms with van der Waals surface area (Å²) in [5.74, 6) is 1.43. The predicted molar refractivity (Wildman–Crippen MR) is 71.4 cm³/mol. The number of hydrogen-bond donors (Lipinski definition) is 0. The van der Waals surface area contributed by atoms with Crippen LogP contribution in [0.5, 0.6) is 11.5 Å². The van der Waals surface area contributed by atoms with E-state index >= 15 is 0 Å². The van der Waals surface area contributed by atoms with Gasteiger partial charge in [-0.1, -0.05) is 0 Å². The highest BCUT2D eigenvalue weighted by Crippen LogP contribution is 2.43. The highest BCUT2D eigenvalue weighted by Gasteiger charge is 2.19. The summed E-state index contributed by atoms with van der Waals surface area (Å²) in [6.45, 7) is 1.76. The molecule has 2 heterocycles. The first-order valence-electron chi connectivity index (χ1n) is 5.21. The van der Waals surface area contributed by atoms with Gasteiger partial charge in [0.2, 0.25) is 6.79 Å². The average molecular weight is 326 g/mol. The number of halogens is 1. The normalized spacial score (nSPS) is 12.8. The Morgan fingerprint density at radius 2 is 2.28 bits per heavy atom. The number of ketones is 1. The number of thiazole rings is 1. The van der Waals surface area contributed by atoms with Crippen molar-refractivity contribution >= 4 is 33.0 Å². The third kappa shape index (κ3) is 1.91. The maximum Gasteiger partial charge on any atom is 0.231 e. The number of hydrogen-bond acceptors (Lipinski definition) is 5. The molecule has 1 aliphatic heterocycles. The first kappa shape index (κ1) is 11.7. The maximum atomic E-state index is 11.3. The highest BCUT2D eigenvalue weighted by molar-refractivity contribution is 9.10. The molecule has 0 unspecified atom stereocenters. The fourth-order valence-electron chi connectivity index (χ4n) is 1.66. The second kappa shape index (κ2) is 4.37. The molecule has 18 heavy (non-hydrogen) atoms. The summed E-state index contributed by atoms with van der Waals surface area (Å²) in [5.41, 5.74) is 0.906. The van der Waals surface area contributed by atoms with Crippen LogP contribution in [0.3, 0.4) is 0 Å². The van der Waals surface area contributed by atoms with Gasteiger partial charge in [-0.2, -0.15) is 0 Å². The van der Waals surface area contributed by atoms with Gasteiger partial charge in [0.1, 0.15) is 5.01 Å². The van der Waals surface area contributed by atoms with Crippen molar-refractivity contribution in [1.82, 2.24) is 4.98 Å². The predicted octanol–water partition coefficient (Wildman–Crippen LogP) is 3.50. The summed E-state index contributed by atoms with van der Waals surface area (Å²) < 4.78 is 11.5. The van der Waals surface area contributed by atoms with E-state index in [0.717, 1.165) is 15.0 Å². The topological polar surface area (TPSA) is 48.4 Å². The Bertz CT molecular complexity index is 638. The van der Waals surface area contributed by atoms with Gasteiger partial charge in [0.25, 0.3) is 0 Å². The van der Waals surface area contributed by atoms with Gasteiger partial charge in [-0.25, -0.2) is 4.98 Å². The minimum Gasteiger partial charge on any atom is -0.454 e. The van der Waals surface area contributed by atoms with Crippen LogP contribution >= 0.6 is 27.3 Å². The molecule has 0 bridgehead atoms. The Balaban J connectivity index is 2.06. The van der Waals surface area contributed by atoms with Crippen LogP contribution < -0.4 is 9.47 Å². The molecular formula is C12H8BrNO3S. The molecule has 0 saturated heterocycles. The average Bonchev–Trinajstić information content (AvgIpc) is 2.97. The molecule has 0 atom stereocenters. The van der Waals surface area contributed by atoms with Crippen LogP contribution in [0.2, 0.25) is 0 Å². The van der Waals surface area contributed by atoms with Crippen LogP contribution in [0, 0.1) is 0 Å². The van der Waals surface area contributed by atoms with Gasteiger partial charge in [0.05, 0.1) is 9.35 Å². The minimum atomic E-state index is 0.0264. The smallest absolute Gasteiger partial charge is 0.231 e. The summed E-state index contributed by atoms with van der Waals surface area (Å²) in [4.78, 5) is 16.2. The van der Waals surface area contributed by atoms with Crippen LogP contribution in [-0.4, -0.2) is 17.6 Å². The molecule has 6 heteroatoms. The molecule has 1 aromatic carbocycles. The van der Waals surface area contributed by atoms with Crippen LogP contribution in [0.1, 0.15) is 16.6 Å². The van der Waals surface area contributed by atoms with E-state index in [0.29, 0.717) is 16.4 Å². The fraction of sp³-hybridized carbons (Fsp3) is 0.167. The van der Waals surface area contributed by atoms with Crippen molar-refractivity contribution in [2.45, 2.75) is 6.92 Å². The quantitative estimate of drug-likeness (QED) is 0.793. The van der Waals surface area contributed by atoms with E-state index in [1.54, 1.807) is 6.20 Å². The van der Waals surface area contributed by atoms with Crippen LogP contribution in [-0.2, 0) is 0 Å². The van der Waals surface area contributed by atoms with Crippen molar-refractivity contribution in [2.75, 3.05) is 6.79 Å². The first-order chi connectivity index (χ1) is 8.65. The summed E-state index contributed by atoms with van der Waals surface area (Å²) in [5, 5.41) is 0.791. The van der Waals surface area contributed by atoms with E-state index in [1.165, 1.54) is 18.3 Å². The second-order valence-corrected chi connectivity index (χ2v) is 5.66. The van der Waals surface area contributed by atoms with E-state index < -0.39 is 0 Å². The number of ether oxygens (including phenoxy) is 2. The Kier molecular flexibility index (Phi) is 2.83. The maximum absolute atomic E-state index is 11.3. The lowest BCUT2D eigenvalue weighted by Crippen LogP contribution is -1.93. The number of carbonyl (C=O) groups excluding carboxylic acids is 1. The van der Waals surface area contributed by atoms with Gasteiger partial charge in [0.15, 0.2) is 17.3 Å². The molecule has 92 valence electrons. The third-order valence-electron chi connectivity index (χ3n) is 2.53. The standard InChI is InChI=1S/C12H8BrNO3S/c1-6(15)10-4-14-12(18-10)7-2-8(13)11-9(3-7)16-5-17-11/h2-4H,5H2,1H3. The van der Waals surface area contributed by atoms with E-state index in [2.05, 4.69) is 20.9 Å². The minimum absolute atomic E-state index is 0.0264. The Morgan fingerprint density at radius 1 is 1.44 bits per heavy atom. The molecule has 0 aliphatic carbocycles. The fourth-order valence-corrected chi connectivity index (χ4v) is 3.02. The third-order valence-corrected chi connectivity index (χ3v) is 4.26. The molecule has 1 aromatic heterocycles. The number of fused-ring (bicyclic) bond motifs is 1. The molecule has 0 radical (unpaired) electrons. The zero-order valence-electron chi connectivity index (χ0n) is 9.40. The van der Waals surface area contributed by atoms with Gasteiger partial charge in [-0.15, -0.1) is 11.3 Å². The number of Topliss-reactive ketones (excluding diaryl/α,β-unsaturated/α-hetero) is 1. The molecule has 0 spiro atoms. The Morgan fingerprint density at radius 3 is 3.00 bits per heavy atom. The lowest BCUT2D eigenvalue weighted by atomic mass is 10.2. The molecule has 0 amide bonds. The zero-order chi connectivity index (χ0) is 12.7. The lowest BCUT2D eigenvalue weighted by molar-refractivity contribution is 0.102. The Hall–Kier alpha value is -1.40. The van der Waals surface area contributed by atoms with Gasteiger partial charge in [-0.05, 0) is 28.1 Å². The van der Waals surface area contributed by atoms with Gasteiger partial charge in [0, 0.05) is 18.7 Å². The van der Waals surface area contributed by atoms with Crippen molar-refractivity contribution in [3.05, 3.63) is 27.7 Å². The molecule has 0 saturated carbocycles. The van der Waals surface area contributed by atoms with Crippen molar-refractivity contribution in [1.29, 1.82) is 0 Å². The first-order valence-corrected chi connectivity index (χ1v) is 6.82. The van der Waals surface area contributed by atoms with Crippen molar-refractivity contribution in [3.63, 3.8) is 0 Å². The van der Waals surface area contributed by atoms with Crippen molar-refractivity contribution in [3.8, 4) is 22.1 Å². The van der Waals surface area contributed by atoms with Gasteiger partial charge in [-0.3, -0.25) is 4.79 Å². The van der Waals surface area contributed by atoms with Crippen LogP contribution in [0.15, 0.2) is 22.8 Å². The summed E-state index contributed by atoms with van der Waals surface area (Å²) in [7, 11) is 0. The summed E-state index contributed by atoms with van der Waals surface area (Å²) in [6.07, 6.45) is 1.60. The van der Waals surface area contributed by atoms with Gasteiger partial charge < -0.3 is 9.47 Å². The largest absolute Gasteiger partial charge is 0.454 e. The molecule has 0 fully saturated rings. The second-order valence-electron chi connectivity index (χ2n) is 3.78. The zero-order valence-corrected chi connectivity index (χ0v) is 11.8. The van der Waals surface area contributed by atoms with E-state index in [9.17, 15) is 4.79 Å². The van der Waals surface area contributed by atoms with Crippen LogP contribution in [0.25, 0.3) is 10.6 Å². The van der Waals surface area contributed by atoms with Crippen molar-refractivity contribution in [2.24, 2.45) is 0 Å². The number of benzene rings is 1. The monoisotopic (exact) mass is 325 g/mol. The number of carbonyl (C=O) groups is 1. The molecule has 1 aliphatic rings. The SMILES string of the molecule is CC(=O)c1cnc(-c2cc(Br)c3c(c2)OCO3)s1. The van der Waals surface area contributed by atoms with E-state index in [-0.39, 0.29) is 12.6 Å². The molecule has 3 rings (SSSR count). The number of rotatable bonds is 2. The van der Waals surface area contributed by atoms with Crippen LogP contribution in [0.4, 0.5) is 0 Å². The van der Waals surface area contributed by atoms with E-state index in [1.807, 2.05) is 12.1 Å². The summed E-state index contributed by atoms with van der Waals surface area (Å²) >= 11 is 4.81. The molecule has 4 nitrogen and oxygen atoms in total. The van der Waals surface area contributed by atoms with E-state index in [4.69, 9.17) is 9.47 Å². The van der Waals surface area contributed by atoms with Crippen molar-refractivity contribution < 1.29 is 14.3 Å². The molecular weight excluding hydrogens is 318 g/mol. The lowest BCUT2D eigenvalue weighted by Gasteiger charge is -2.02. The van der Waals surface area contributed by atoms with Gasteiger partial charge >= 0.3 is 0 Å². The highest BCUT2D eigenvalue weighted by atomic mass is 79.9. The number of nitrogens with zero attached hydrogens (tertiary/aromatic N) is 1. The number of aromatic nitrogens is 1. The summed E-state index contributed by atoms with van der Waals surface area (Å²) in [6, 6.07) is 3.78. The Labute approximate surface area is 116 Å². The molecule has 0 N–H and O–H groups in total. The molecule has 2 aromatic rings.